The van der Waals surface area contributed by atoms with Crippen molar-refractivity contribution in [2.24, 2.45) is 4.99 Å². The Morgan fingerprint density at radius 1 is 1.23 bits per heavy atom. The molecule has 4 aromatic rings. The first-order valence-corrected chi connectivity index (χ1v) is 8.01. The van der Waals surface area contributed by atoms with E-state index in [0.29, 0.717) is 23.2 Å². The van der Waals surface area contributed by atoms with Crippen LogP contribution in [0.5, 0.6) is 0 Å². The Hall–Kier alpha value is -3.55. The fraction of sp³-hybridized carbons (Fsp3) is 0.111. The summed E-state index contributed by atoms with van der Waals surface area (Å²) < 4.78 is 15.0. The number of aryl methyl sites for hydroxylation is 1. The summed E-state index contributed by atoms with van der Waals surface area (Å²) in [5.74, 6) is 1.39. The SMILES string of the molecule is C/N=C(\c1ccc(F)cc1)c1nc(Nc2cc(C)[nH]n2)c2cccn2n1. The topological polar surface area (TPSA) is 83.3 Å². The van der Waals surface area contributed by atoms with Crippen LogP contribution in [0.15, 0.2) is 53.7 Å². The number of hydrogen-bond donors (Lipinski definition) is 2. The summed E-state index contributed by atoms with van der Waals surface area (Å²) in [5.41, 5.74) is 3.06. The molecule has 0 bridgehead atoms. The highest BCUT2D eigenvalue weighted by atomic mass is 19.1. The molecule has 0 aliphatic rings. The third-order valence-corrected chi connectivity index (χ3v) is 3.90. The Morgan fingerprint density at radius 2 is 2.04 bits per heavy atom. The molecule has 0 atom stereocenters. The molecule has 0 spiro atoms. The first-order chi connectivity index (χ1) is 12.6. The van der Waals surface area contributed by atoms with Crippen molar-refractivity contribution >= 4 is 22.9 Å². The highest BCUT2D eigenvalue weighted by Crippen LogP contribution is 2.20. The van der Waals surface area contributed by atoms with Crippen LogP contribution in [0.3, 0.4) is 0 Å². The fourth-order valence-corrected chi connectivity index (χ4v) is 2.70. The summed E-state index contributed by atoms with van der Waals surface area (Å²) in [7, 11) is 1.66. The number of benzene rings is 1. The molecular formula is C18H16FN7. The smallest absolute Gasteiger partial charge is 0.200 e. The van der Waals surface area contributed by atoms with Crippen LogP contribution in [-0.4, -0.2) is 37.6 Å². The lowest BCUT2D eigenvalue weighted by molar-refractivity contribution is 0.628. The Labute approximate surface area is 148 Å². The summed E-state index contributed by atoms with van der Waals surface area (Å²) >= 11 is 0. The summed E-state index contributed by atoms with van der Waals surface area (Å²) in [6.45, 7) is 1.92. The number of aromatic amines is 1. The minimum Gasteiger partial charge on any atom is -0.322 e. The third-order valence-electron chi connectivity index (χ3n) is 3.90. The third kappa shape index (κ3) is 2.92. The predicted octanol–water partition coefficient (Wildman–Crippen LogP) is 3.11. The van der Waals surface area contributed by atoms with Crippen LogP contribution in [0.2, 0.25) is 0 Å². The van der Waals surface area contributed by atoms with Crippen LogP contribution in [-0.2, 0) is 0 Å². The maximum absolute atomic E-state index is 13.2. The average Bonchev–Trinajstić information content (AvgIpc) is 3.26. The van der Waals surface area contributed by atoms with E-state index >= 15 is 0 Å². The summed E-state index contributed by atoms with van der Waals surface area (Å²) in [6, 6.07) is 11.8. The number of H-pyrrole nitrogens is 1. The van der Waals surface area contributed by atoms with Gasteiger partial charge in [-0.25, -0.2) is 13.9 Å². The van der Waals surface area contributed by atoms with Gasteiger partial charge in [0, 0.05) is 30.6 Å². The van der Waals surface area contributed by atoms with Gasteiger partial charge in [0.15, 0.2) is 11.6 Å². The molecule has 8 heteroatoms. The van der Waals surface area contributed by atoms with Gasteiger partial charge in [-0.05, 0) is 43.3 Å². The van der Waals surface area contributed by atoms with E-state index in [1.54, 1.807) is 23.7 Å². The number of anilines is 2. The number of aromatic nitrogens is 5. The van der Waals surface area contributed by atoms with Crippen LogP contribution in [0.4, 0.5) is 16.0 Å². The van der Waals surface area contributed by atoms with E-state index in [1.165, 1.54) is 12.1 Å². The van der Waals surface area contributed by atoms with Crippen molar-refractivity contribution in [3.8, 4) is 0 Å². The maximum Gasteiger partial charge on any atom is 0.200 e. The van der Waals surface area contributed by atoms with Crippen molar-refractivity contribution in [3.05, 3.63) is 71.6 Å². The summed E-state index contributed by atoms with van der Waals surface area (Å²) in [4.78, 5) is 8.93. The van der Waals surface area contributed by atoms with Crippen LogP contribution in [0.1, 0.15) is 17.1 Å². The van der Waals surface area contributed by atoms with Crippen LogP contribution in [0, 0.1) is 12.7 Å². The van der Waals surface area contributed by atoms with E-state index in [-0.39, 0.29) is 5.82 Å². The number of aliphatic imine (C=N–C) groups is 1. The first kappa shape index (κ1) is 15.9. The van der Waals surface area contributed by atoms with Crippen molar-refractivity contribution in [1.82, 2.24) is 24.8 Å². The standard InChI is InChI=1S/C18H16FN7/c1-11-10-15(24-23-11)21-17-14-4-3-9-26(14)25-18(22-17)16(20-2)12-5-7-13(19)8-6-12/h3-10H,1-2H3,(H2,21,22,23,24,25)/b20-16+. The lowest BCUT2D eigenvalue weighted by atomic mass is 10.1. The monoisotopic (exact) mass is 349 g/mol. The van der Waals surface area contributed by atoms with Gasteiger partial charge < -0.3 is 5.32 Å². The first-order valence-electron chi connectivity index (χ1n) is 8.01. The lowest BCUT2D eigenvalue weighted by Crippen LogP contribution is -2.13. The van der Waals surface area contributed by atoms with Gasteiger partial charge >= 0.3 is 0 Å². The molecule has 4 rings (SSSR count). The van der Waals surface area contributed by atoms with Crippen molar-refractivity contribution in [1.29, 1.82) is 0 Å². The number of hydrogen-bond acceptors (Lipinski definition) is 5. The molecule has 0 fully saturated rings. The molecule has 0 aliphatic heterocycles. The normalized spacial score (nSPS) is 11.9. The van der Waals surface area contributed by atoms with E-state index in [2.05, 4.69) is 30.6 Å². The molecule has 0 saturated heterocycles. The van der Waals surface area contributed by atoms with Gasteiger partial charge in [-0.15, -0.1) is 5.10 Å². The largest absolute Gasteiger partial charge is 0.322 e. The Balaban J connectivity index is 1.81. The van der Waals surface area contributed by atoms with Gasteiger partial charge in [0.1, 0.15) is 17.0 Å². The second-order valence-electron chi connectivity index (χ2n) is 5.76. The summed E-state index contributed by atoms with van der Waals surface area (Å²) in [6.07, 6.45) is 1.83. The number of nitrogens with one attached hydrogen (secondary N) is 2. The molecule has 0 saturated carbocycles. The summed E-state index contributed by atoms with van der Waals surface area (Å²) in [5, 5.41) is 14.8. The molecule has 0 unspecified atom stereocenters. The van der Waals surface area contributed by atoms with Gasteiger partial charge in [0.2, 0.25) is 5.82 Å². The second-order valence-corrected chi connectivity index (χ2v) is 5.76. The molecule has 1 aromatic carbocycles. The zero-order valence-electron chi connectivity index (χ0n) is 14.2. The molecule has 130 valence electrons. The molecule has 7 nitrogen and oxygen atoms in total. The molecule has 0 amide bonds. The van der Waals surface area contributed by atoms with E-state index in [1.807, 2.05) is 31.3 Å². The Kier molecular flexibility index (Phi) is 3.92. The lowest BCUT2D eigenvalue weighted by Gasteiger charge is -2.10. The molecule has 3 heterocycles. The fourth-order valence-electron chi connectivity index (χ4n) is 2.70. The molecule has 2 N–H and O–H groups in total. The second kappa shape index (κ2) is 6.40. The van der Waals surface area contributed by atoms with Crippen molar-refractivity contribution in [3.63, 3.8) is 0 Å². The number of fused-ring (bicyclic) bond motifs is 1. The van der Waals surface area contributed by atoms with Crippen LogP contribution in [0.25, 0.3) is 5.52 Å². The Bertz CT molecular complexity index is 1090. The molecular weight excluding hydrogens is 333 g/mol. The number of nitrogens with zero attached hydrogens (tertiary/aromatic N) is 5. The van der Waals surface area contributed by atoms with Crippen molar-refractivity contribution < 1.29 is 4.39 Å². The maximum atomic E-state index is 13.2. The molecule has 3 aromatic heterocycles. The van der Waals surface area contributed by atoms with Gasteiger partial charge in [-0.3, -0.25) is 10.1 Å². The van der Waals surface area contributed by atoms with Gasteiger partial charge in [-0.2, -0.15) is 5.10 Å². The zero-order valence-corrected chi connectivity index (χ0v) is 14.2. The predicted molar refractivity (Wildman–Crippen MR) is 97.6 cm³/mol. The van der Waals surface area contributed by atoms with Gasteiger partial charge in [-0.1, -0.05) is 0 Å². The van der Waals surface area contributed by atoms with Crippen molar-refractivity contribution in [2.45, 2.75) is 6.92 Å². The molecule has 0 radical (unpaired) electrons. The minimum atomic E-state index is -0.303. The minimum absolute atomic E-state index is 0.303. The quantitative estimate of drug-likeness (QED) is 0.555. The van der Waals surface area contributed by atoms with E-state index in [0.717, 1.165) is 16.8 Å². The highest BCUT2D eigenvalue weighted by Gasteiger charge is 2.15. The Morgan fingerprint density at radius 3 is 2.73 bits per heavy atom. The van der Waals surface area contributed by atoms with E-state index in [9.17, 15) is 4.39 Å². The van der Waals surface area contributed by atoms with Crippen molar-refractivity contribution in [2.75, 3.05) is 12.4 Å². The van der Waals surface area contributed by atoms with Crippen LogP contribution >= 0.6 is 0 Å². The molecule has 0 aliphatic carbocycles. The van der Waals surface area contributed by atoms with Gasteiger partial charge in [0.05, 0.1) is 0 Å². The van der Waals surface area contributed by atoms with E-state index < -0.39 is 0 Å². The zero-order chi connectivity index (χ0) is 18.1. The van der Waals surface area contributed by atoms with Crippen LogP contribution < -0.4 is 5.32 Å². The highest BCUT2D eigenvalue weighted by molar-refractivity contribution is 6.10. The number of rotatable bonds is 4. The van der Waals surface area contributed by atoms with Gasteiger partial charge in [0.25, 0.3) is 0 Å². The van der Waals surface area contributed by atoms with E-state index in [4.69, 9.17) is 0 Å². The average molecular weight is 349 g/mol. The number of halogens is 1. The molecule has 26 heavy (non-hydrogen) atoms.